The summed E-state index contributed by atoms with van der Waals surface area (Å²) in [5.41, 5.74) is 7.55. The van der Waals surface area contributed by atoms with Gasteiger partial charge in [-0.15, -0.1) is 0 Å². The summed E-state index contributed by atoms with van der Waals surface area (Å²) < 4.78 is 28.0. The number of anilines is 2. The molecule has 2 rings (SSSR count). The van der Waals surface area contributed by atoms with Crippen molar-refractivity contribution >= 4 is 44.0 Å². The number of rotatable bonds is 3. The van der Waals surface area contributed by atoms with Crippen LogP contribution in [0, 0.1) is 10.5 Å². The molecule has 0 aliphatic heterocycles. The second-order valence-electron chi connectivity index (χ2n) is 4.13. The Morgan fingerprint density at radius 3 is 2.53 bits per heavy atom. The van der Waals surface area contributed by atoms with Crippen molar-refractivity contribution in [2.75, 3.05) is 10.5 Å². The number of benzene rings is 2. The van der Waals surface area contributed by atoms with Crippen LogP contribution in [0.5, 0.6) is 0 Å². The lowest BCUT2D eigenvalue weighted by atomic mass is 10.2. The van der Waals surface area contributed by atoms with E-state index in [-0.39, 0.29) is 4.90 Å². The second kappa shape index (κ2) is 5.38. The third-order valence-corrected chi connectivity index (χ3v) is 4.68. The van der Waals surface area contributed by atoms with Crippen LogP contribution in [0.4, 0.5) is 11.4 Å². The predicted octanol–water partition coefficient (Wildman–Crippen LogP) is 2.98. The maximum atomic E-state index is 12.2. The minimum Gasteiger partial charge on any atom is -0.399 e. The quantitative estimate of drug-likeness (QED) is 0.627. The van der Waals surface area contributed by atoms with Gasteiger partial charge in [0, 0.05) is 14.9 Å². The van der Waals surface area contributed by atoms with Crippen LogP contribution in [0.15, 0.2) is 47.4 Å². The van der Waals surface area contributed by atoms with Gasteiger partial charge in [0.15, 0.2) is 0 Å². The third kappa shape index (κ3) is 3.38. The molecule has 3 N–H and O–H groups in total. The van der Waals surface area contributed by atoms with Crippen molar-refractivity contribution in [3.63, 3.8) is 0 Å². The molecule has 0 atom stereocenters. The fraction of sp³-hybridized carbons (Fsp3) is 0.0769. The highest BCUT2D eigenvalue weighted by molar-refractivity contribution is 14.1. The van der Waals surface area contributed by atoms with E-state index in [0.29, 0.717) is 11.4 Å². The smallest absolute Gasteiger partial charge is 0.261 e. The molecule has 6 heteroatoms. The van der Waals surface area contributed by atoms with E-state index in [9.17, 15) is 8.42 Å². The zero-order valence-corrected chi connectivity index (χ0v) is 13.2. The summed E-state index contributed by atoms with van der Waals surface area (Å²) in [7, 11) is -3.58. The average Bonchev–Trinajstić information content (AvgIpc) is 2.32. The first-order valence-corrected chi connectivity index (χ1v) is 8.09. The van der Waals surface area contributed by atoms with Gasteiger partial charge in [0.1, 0.15) is 0 Å². The molecule has 2 aromatic rings. The van der Waals surface area contributed by atoms with Gasteiger partial charge in [0.05, 0.1) is 4.90 Å². The Balaban J connectivity index is 2.35. The number of aryl methyl sites for hydroxylation is 1. The highest BCUT2D eigenvalue weighted by Crippen LogP contribution is 2.21. The summed E-state index contributed by atoms with van der Waals surface area (Å²) in [6.07, 6.45) is 0. The molecule has 2 aromatic carbocycles. The lowest BCUT2D eigenvalue weighted by Crippen LogP contribution is -2.13. The average molecular weight is 388 g/mol. The fourth-order valence-corrected chi connectivity index (χ4v) is 3.26. The molecule has 0 radical (unpaired) electrons. The van der Waals surface area contributed by atoms with Crippen molar-refractivity contribution in [2.45, 2.75) is 11.8 Å². The van der Waals surface area contributed by atoms with Crippen LogP contribution in [-0.4, -0.2) is 8.42 Å². The number of nitrogens with one attached hydrogen (secondary N) is 1. The molecule has 0 aliphatic rings. The van der Waals surface area contributed by atoms with Gasteiger partial charge in [0.2, 0.25) is 0 Å². The van der Waals surface area contributed by atoms with Gasteiger partial charge >= 0.3 is 0 Å². The molecule has 0 saturated heterocycles. The highest BCUT2D eigenvalue weighted by Gasteiger charge is 2.14. The first kappa shape index (κ1) is 14.1. The summed E-state index contributed by atoms with van der Waals surface area (Å²) in [6, 6.07) is 11.8. The lowest BCUT2D eigenvalue weighted by Gasteiger charge is -2.09. The molecule has 0 saturated carbocycles. The van der Waals surface area contributed by atoms with E-state index in [4.69, 9.17) is 5.73 Å². The van der Waals surface area contributed by atoms with Gasteiger partial charge in [0.25, 0.3) is 10.0 Å². The van der Waals surface area contributed by atoms with E-state index in [0.717, 1.165) is 9.13 Å². The van der Waals surface area contributed by atoms with Gasteiger partial charge in [-0.25, -0.2) is 8.42 Å². The minimum atomic E-state index is -3.58. The summed E-state index contributed by atoms with van der Waals surface area (Å²) in [5.74, 6) is 0. The van der Waals surface area contributed by atoms with Crippen molar-refractivity contribution in [3.8, 4) is 0 Å². The van der Waals surface area contributed by atoms with Gasteiger partial charge in [-0.05, 0) is 71.5 Å². The Morgan fingerprint density at radius 1 is 1.16 bits per heavy atom. The maximum absolute atomic E-state index is 12.2. The first-order chi connectivity index (χ1) is 8.88. The largest absolute Gasteiger partial charge is 0.399 e. The maximum Gasteiger partial charge on any atom is 0.261 e. The summed E-state index contributed by atoms with van der Waals surface area (Å²) in [4.78, 5) is 0.207. The predicted molar refractivity (Wildman–Crippen MR) is 85.6 cm³/mol. The Bertz CT molecular complexity index is 714. The van der Waals surface area contributed by atoms with Crippen LogP contribution in [0.3, 0.4) is 0 Å². The summed E-state index contributed by atoms with van der Waals surface area (Å²) in [5, 5.41) is 0. The number of sulfonamides is 1. The van der Waals surface area contributed by atoms with Crippen molar-refractivity contribution in [2.24, 2.45) is 0 Å². The van der Waals surface area contributed by atoms with Crippen LogP contribution < -0.4 is 10.5 Å². The van der Waals surface area contributed by atoms with Crippen LogP contribution in [-0.2, 0) is 10.0 Å². The van der Waals surface area contributed by atoms with E-state index in [1.165, 1.54) is 6.07 Å². The van der Waals surface area contributed by atoms with Crippen LogP contribution in [0.2, 0.25) is 0 Å². The van der Waals surface area contributed by atoms with Gasteiger partial charge < -0.3 is 5.73 Å². The Kier molecular flexibility index (Phi) is 4.00. The number of nitrogens with two attached hydrogens (primary N) is 1. The first-order valence-electron chi connectivity index (χ1n) is 5.53. The molecule has 0 spiro atoms. The van der Waals surface area contributed by atoms with E-state index in [2.05, 4.69) is 27.3 Å². The van der Waals surface area contributed by atoms with Crippen LogP contribution >= 0.6 is 22.6 Å². The van der Waals surface area contributed by atoms with Gasteiger partial charge in [-0.2, -0.15) is 0 Å². The fourth-order valence-electron chi connectivity index (χ4n) is 1.58. The number of hydrogen-bond acceptors (Lipinski definition) is 3. The standard InChI is InChI=1S/C13H13IN2O2S/c1-9-7-12(5-6-13(9)15)19(17,18)16-11-4-2-3-10(14)8-11/h2-8,16H,15H2,1H3. The number of nitrogen functional groups attached to an aromatic ring is 1. The molecule has 0 bridgehead atoms. The zero-order valence-electron chi connectivity index (χ0n) is 10.2. The monoisotopic (exact) mass is 388 g/mol. The summed E-state index contributed by atoms with van der Waals surface area (Å²) >= 11 is 2.13. The molecule has 0 unspecified atom stereocenters. The van der Waals surface area contributed by atoms with Crippen LogP contribution in [0.25, 0.3) is 0 Å². The SMILES string of the molecule is Cc1cc(S(=O)(=O)Nc2cccc(I)c2)ccc1N. The molecule has 100 valence electrons. The molecule has 4 nitrogen and oxygen atoms in total. The molecular formula is C13H13IN2O2S. The minimum absolute atomic E-state index is 0.207. The topological polar surface area (TPSA) is 72.2 Å². The number of hydrogen-bond donors (Lipinski definition) is 2. The molecule has 19 heavy (non-hydrogen) atoms. The van der Waals surface area contributed by atoms with Crippen molar-refractivity contribution < 1.29 is 8.42 Å². The van der Waals surface area contributed by atoms with Gasteiger partial charge in [-0.1, -0.05) is 6.07 Å². The van der Waals surface area contributed by atoms with Gasteiger partial charge in [-0.3, -0.25) is 4.72 Å². The van der Waals surface area contributed by atoms with Crippen LogP contribution in [0.1, 0.15) is 5.56 Å². The lowest BCUT2D eigenvalue weighted by molar-refractivity contribution is 0.601. The summed E-state index contributed by atoms with van der Waals surface area (Å²) in [6.45, 7) is 1.78. The van der Waals surface area contributed by atoms with E-state index < -0.39 is 10.0 Å². The Morgan fingerprint density at radius 2 is 1.89 bits per heavy atom. The molecule has 0 heterocycles. The third-order valence-electron chi connectivity index (χ3n) is 2.63. The molecule has 0 aliphatic carbocycles. The highest BCUT2D eigenvalue weighted by atomic mass is 127. The molecular weight excluding hydrogens is 375 g/mol. The van der Waals surface area contributed by atoms with Crippen molar-refractivity contribution in [3.05, 3.63) is 51.6 Å². The van der Waals surface area contributed by atoms with E-state index >= 15 is 0 Å². The van der Waals surface area contributed by atoms with Crippen molar-refractivity contribution in [1.82, 2.24) is 0 Å². The second-order valence-corrected chi connectivity index (χ2v) is 7.06. The van der Waals surface area contributed by atoms with E-state index in [1.54, 1.807) is 37.3 Å². The number of halogens is 1. The van der Waals surface area contributed by atoms with E-state index in [1.807, 2.05) is 6.07 Å². The van der Waals surface area contributed by atoms with Crippen molar-refractivity contribution in [1.29, 1.82) is 0 Å². The molecule has 0 amide bonds. The zero-order chi connectivity index (χ0) is 14.0. The molecule has 0 fully saturated rings. The Hall–Kier alpha value is -1.28. The Labute approximate surface area is 126 Å². The molecule has 0 aromatic heterocycles. The normalized spacial score (nSPS) is 11.3.